The van der Waals surface area contributed by atoms with Crippen LogP contribution in [0.15, 0.2) is 35.9 Å². The van der Waals surface area contributed by atoms with E-state index >= 15 is 0 Å². The lowest BCUT2D eigenvalue weighted by atomic mass is 9.53. The van der Waals surface area contributed by atoms with Crippen LogP contribution in [-0.2, 0) is 19.1 Å². The molecule has 5 rings (SSSR count). The van der Waals surface area contributed by atoms with Gasteiger partial charge in [0.25, 0.3) is 0 Å². The van der Waals surface area contributed by atoms with E-state index in [2.05, 4.69) is 24.1 Å². The van der Waals surface area contributed by atoms with Crippen LogP contribution in [0.2, 0.25) is 0 Å². The van der Waals surface area contributed by atoms with Gasteiger partial charge in [0.15, 0.2) is 0 Å². The number of halogens is 2. The molecule has 1 N–H and O–H groups in total. The topological polar surface area (TPSA) is 84.9 Å². The maximum Gasteiger partial charge on any atom is 0.309 e. The number of alkyl halides is 2. The minimum atomic E-state index is -0.318. The first kappa shape index (κ1) is 30.2. The molecule has 3 fully saturated rings. The van der Waals surface area contributed by atoms with Crippen molar-refractivity contribution in [1.29, 1.82) is 0 Å². The fraction of sp³-hybridized carbons (Fsp3) is 0.656. The van der Waals surface area contributed by atoms with Crippen molar-refractivity contribution in [3.05, 3.63) is 35.9 Å². The quantitative estimate of drug-likeness (QED) is 0.274. The lowest BCUT2D eigenvalue weighted by molar-refractivity contribution is -0.151. The van der Waals surface area contributed by atoms with E-state index < -0.39 is 0 Å². The van der Waals surface area contributed by atoms with Gasteiger partial charge in [-0.2, -0.15) is 0 Å². The van der Waals surface area contributed by atoms with Gasteiger partial charge >= 0.3 is 5.97 Å². The molecule has 41 heavy (non-hydrogen) atoms. The Morgan fingerprint density at radius 2 is 1.68 bits per heavy atom. The Bertz CT molecular complexity index is 1170. The van der Waals surface area contributed by atoms with E-state index in [0.29, 0.717) is 49.2 Å². The zero-order valence-corrected chi connectivity index (χ0v) is 25.6. The molecule has 0 spiro atoms. The Hall–Kier alpha value is -2.25. The summed E-state index contributed by atoms with van der Waals surface area (Å²) < 4.78 is 11.7. The SMILES string of the molecule is CC12CC[C@H]3C(NC(=O)C=C4CC(OC(=O)CCOc5ccc(N(CCCl)CCCl)cc5)CCC43C)[C@@H]1CCC2=O. The van der Waals surface area contributed by atoms with Crippen molar-refractivity contribution in [2.45, 2.75) is 77.4 Å². The lowest BCUT2D eigenvalue weighted by Crippen LogP contribution is -2.56. The summed E-state index contributed by atoms with van der Waals surface area (Å²) in [5.41, 5.74) is 1.64. The van der Waals surface area contributed by atoms with Gasteiger partial charge in [-0.1, -0.05) is 19.4 Å². The molecule has 1 aliphatic heterocycles. The van der Waals surface area contributed by atoms with Gasteiger partial charge in [-0.05, 0) is 73.6 Å². The molecule has 1 aromatic carbocycles. The van der Waals surface area contributed by atoms with Gasteiger partial charge in [0.1, 0.15) is 17.6 Å². The molecule has 0 saturated heterocycles. The van der Waals surface area contributed by atoms with Gasteiger partial charge in [-0.3, -0.25) is 14.4 Å². The highest BCUT2D eigenvalue weighted by Crippen LogP contribution is 2.59. The highest BCUT2D eigenvalue weighted by Gasteiger charge is 2.59. The smallest absolute Gasteiger partial charge is 0.309 e. The van der Waals surface area contributed by atoms with Crippen LogP contribution in [0.25, 0.3) is 0 Å². The van der Waals surface area contributed by atoms with Crippen molar-refractivity contribution in [2.75, 3.05) is 36.4 Å². The number of nitrogens with zero attached hydrogens (tertiary/aromatic N) is 1. The van der Waals surface area contributed by atoms with Crippen molar-refractivity contribution in [1.82, 2.24) is 5.32 Å². The third-order valence-corrected chi connectivity index (χ3v) is 10.7. The van der Waals surface area contributed by atoms with Gasteiger partial charge in [0, 0.05) is 60.9 Å². The van der Waals surface area contributed by atoms with Gasteiger partial charge in [0.2, 0.25) is 5.91 Å². The number of ketones is 1. The number of benzene rings is 1. The molecule has 1 amide bonds. The van der Waals surface area contributed by atoms with Crippen molar-refractivity contribution in [2.24, 2.45) is 22.7 Å². The van der Waals surface area contributed by atoms with Crippen LogP contribution in [0.3, 0.4) is 0 Å². The monoisotopic (exact) mass is 604 g/mol. The van der Waals surface area contributed by atoms with E-state index in [0.717, 1.165) is 43.4 Å². The van der Waals surface area contributed by atoms with E-state index in [9.17, 15) is 14.4 Å². The van der Waals surface area contributed by atoms with Gasteiger partial charge in [-0.25, -0.2) is 0 Å². The number of nitrogens with one attached hydrogen (secondary N) is 1. The minimum absolute atomic E-state index is 0.0143. The second-order valence-corrected chi connectivity index (χ2v) is 13.3. The van der Waals surface area contributed by atoms with E-state index in [1.807, 2.05) is 24.3 Å². The fourth-order valence-corrected chi connectivity index (χ4v) is 8.38. The Kier molecular flexibility index (Phi) is 9.25. The predicted molar refractivity (Wildman–Crippen MR) is 161 cm³/mol. The average molecular weight is 606 g/mol. The minimum Gasteiger partial charge on any atom is -0.493 e. The summed E-state index contributed by atoms with van der Waals surface area (Å²) in [4.78, 5) is 40.6. The number of Topliss-reactive ketones (excluding diaryl/α,β-unsaturated/α-hetero) is 1. The number of fused-ring (bicyclic) bond motifs is 5. The first-order chi connectivity index (χ1) is 19.7. The van der Waals surface area contributed by atoms with Gasteiger partial charge in [0.05, 0.1) is 13.0 Å². The van der Waals surface area contributed by atoms with E-state index in [1.165, 1.54) is 0 Å². The highest BCUT2D eigenvalue weighted by molar-refractivity contribution is 6.18. The first-order valence-electron chi connectivity index (χ1n) is 15.0. The van der Waals surface area contributed by atoms with Crippen LogP contribution in [0.1, 0.15) is 65.2 Å². The number of hydrogen-bond acceptors (Lipinski definition) is 6. The number of carbonyl (C=O) groups is 3. The molecule has 1 aromatic rings. The van der Waals surface area contributed by atoms with Crippen molar-refractivity contribution in [3.8, 4) is 5.75 Å². The molecule has 1 heterocycles. The van der Waals surface area contributed by atoms with Crippen LogP contribution in [0.4, 0.5) is 5.69 Å². The Morgan fingerprint density at radius 1 is 1.00 bits per heavy atom. The van der Waals surface area contributed by atoms with Crippen LogP contribution < -0.4 is 15.0 Å². The number of anilines is 1. The summed E-state index contributed by atoms with van der Waals surface area (Å²) in [6.45, 7) is 6.03. The molecule has 0 radical (unpaired) electrons. The molecule has 7 nitrogen and oxygen atoms in total. The summed E-state index contributed by atoms with van der Waals surface area (Å²) in [7, 11) is 0. The molecule has 0 aromatic heterocycles. The standard InChI is InChI=1S/C32H42Cl2N2O5/c1-31-12-9-24(41-29(39)11-18-40-23-5-3-22(4-6-23)36(16-14-33)17-15-34)19-21(31)20-28(38)35-30-25-7-8-27(37)32(25,2)13-10-26(30)31/h3-6,20,24-26,30H,7-19H2,1-2H3,(H,35,38)/t24?,25-,26-,30?,31?,32?/m0/s1. The second-order valence-electron chi connectivity index (χ2n) is 12.6. The summed E-state index contributed by atoms with van der Waals surface area (Å²) in [5, 5.41) is 3.29. The van der Waals surface area contributed by atoms with E-state index in [-0.39, 0.29) is 59.7 Å². The van der Waals surface area contributed by atoms with E-state index in [1.54, 1.807) is 6.08 Å². The maximum absolute atomic E-state index is 13.0. The number of carbonyl (C=O) groups excluding carboxylic acids is 3. The second kappa shape index (κ2) is 12.5. The zero-order chi connectivity index (χ0) is 29.2. The maximum atomic E-state index is 13.0. The molecule has 0 bridgehead atoms. The Labute approximate surface area is 253 Å². The molecule has 4 unspecified atom stereocenters. The molecule has 4 aliphatic rings. The molecule has 3 aliphatic carbocycles. The largest absolute Gasteiger partial charge is 0.493 e. The van der Waals surface area contributed by atoms with Gasteiger partial charge < -0.3 is 19.7 Å². The number of rotatable bonds is 10. The lowest BCUT2D eigenvalue weighted by Gasteiger charge is -2.53. The third kappa shape index (κ3) is 6.13. The molecular weight excluding hydrogens is 563 g/mol. The number of hydrogen-bond donors (Lipinski definition) is 1. The number of ether oxygens (including phenoxy) is 2. The normalized spacial score (nSPS) is 32.5. The summed E-state index contributed by atoms with van der Waals surface area (Å²) >= 11 is 11.8. The number of amides is 1. The summed E-state index contributed by atoms with van der Waals surface area (Å²) in [5.74, 6) is 2.19. The first-order valence-corrected chi connectivity index (χ1v) is 16.1. The van der Waals surface area contributed by atoms with Crippen LogP contribution >= 0.6 is 23.2 Å². The molecular formula is C32H42Cl2N2O5. The average Bonchev–Trinajstić information content (AvgIpc) is 3.19. The Morgan fingerprint density at radius 3 is 2.39 bits per heavy atom. The van der Waals surface area contributed by atoms with Crippen molar-refractivity contribution in [3.63, 3.8) is 0 Å². The van der Waals surface area contributed by atoms with Crippen LogP contribution in [0.5, 0.6) is 5.75 Å². The van der Waals surface area contributed by atoms with Crippen molar-refractivity contribution < 1.29 is 23.9 Å². The molecule has 9 heteroatoms. The van der Waals surface area contributed by atoms with Crippen molar-refractivity contribution >= 4 is 46.5 Å². The zero-order valence-electron chi connectivity index (χ0n) is 24.1. The van der Waals surface area contributed by atoms with E-state index in [4.69, 9.17) is 32.7 Å². The molecule has 3 saturated carbocycles. The van der Waals surface area contributed by atoms with Crippen LogP contribution in [-0.4, -0.2) is 61.3 Å². The summed E-state index contributed by atoms with van der Waals surface area (Å²) in [6.07, 6.45) is 7.14. The third-order valence-electron chi connectivity index (χ3n) is 10.4. The fourth-order valence-electron chi connectivity index (χ4n) is 7.97. The van der Waals surface area contributed by atoms with Gasteiger partial charge in [-0.15, -0.1) is 23.2 Å². The van der Waals surface area contributed by atoms with Crippen LogP contribution in [0, 0.1) is 22.7 Å². The summed E-state index contributed by atoms with van der Waals surface area (Å²) in [6, 6.07) is 7.70. The molecule has 6 atom stereocenters. The predicted octanol–water partition coefficient (Wildman–Crippen LogP) is 5.66. The molecule has 224 valence electrons. The Balaban J connectivity index is 1.14. The highest BCUT2D eigenvalue weighted by atomic mass is 35.5. The number of esters is 1.